The van der Waals surface area contributed by atoms with Crippen molar-refractivity contribution in [2.24, 2.45) is 0 Å². The summed E-state index contributed by atoms with van der Waals surface area (Å²) in [5.74, 6) is -1.01. The molecular weight excluding hydrogens is 624 g/mol. The van der Waals surface area contributed by atoms with Crippen LogP contribution < -0.4 is 21.2 Å². The van der Waals surface area contributed by atoms with Gasteiger partial charge in [0.2, 0.25) is 0 Å². The van der Waals surface area contributed by atoms with Crippen molar-refractivity contribution in [2.45, 2.75) is 11.7 Å². The number of benzene rings is 6. The molecule has 0 heterocycles. The first kappa shape index (κ1) is 34.5. The molecule has 8 heteroatoms. The molecule has 4 nitrogen and oxygen atoms in total. The van der Waals surface area contributed by atoms with Gasteiger partial charge in [-0.3, -0.25) is 0 Å². The van der Waals surface area contributed by atoms with Crippen molar-refractivity contribution < 1.29 is 10.2 Å². The van der Waals surface area contributed by atoms with Crippen LogP contribution in [0.3, 0.4) is 0 Å². The summed E-state index contributed by atoms with van der Waals surface area (Å²) in [5.41, 5.74) is 3.06. The van der Waals surface area contributed by atoms with Crippen molar-refractivity contribution >= 4 is 50.6 Å². The first-order valence-corrected chi connectivity index (χ1v) is 17.6. The third-order valence-corrected chi connectivity index (χ3v) is 12.3. The van der Waals surface area contributed by atoms with E-state index in [4.69, 9.17) is 10.5 Å². The number of hydrogen-bond acceptors (Lipinski definition) is 4. The van der Waals surface area contributed by atoms with Crippen molar-refractivity contribution in [2.75, 3.05) is 0 Å². The molecule has 236 valence electrons. The molecule has 2 N–H and O–H groups in total. The number of aliphatic hydroxyl groups is 2. The predicted molar refractivity (Wildman–Crippen MR) is 210 cm³/mol. The highest BCUT2D eigenvalue weighted by atomic mass is 31.2. The molecule has 0 aliphatic carbocycles. The first-order chi connectivity index (χ1) is 23.3. The van der Waals surface area contributed by atoms with Gasteiger partial charge in [-0.15, -0.1) is 0 Å². The Morgan fingerprint density at radius 2 is 0.625 bits per heavy atom. The Hall–Kier alpha value is -4.79. The maximum absolute atomic E-state index is 11.3. The Morgan fingerprint density at radius 1 is 0.396 bits per heavy atom. The molecule has 0 saturated heterocycles. The minimum Gasteiger partial charge on any atom is -0.358 e. The van der Waals surface area contributed by atoms with Crippen molar-refractivity contribution in [3.63, 3.8) is 0 Å². The molecule has 48 heavy (non-hydrogen) atoms. The normalized spacial score (nSPS) is 12.4. The lowest BCUT2D eigenvalue weighted by molar-refractivity contribution is 0.264. The van der Waals surface area contributed by atoms with E-state index in [0.29, 0.717) is 11.1 Å². The topological polar surface area (TPSA) is 88.0 Å². The number of hydrogen-bond donors (Lipinski definition) is 2. The van der Waals surface area contributed by atoms with Gasteiger partial charge in [-0.1, -0.05) is 111 Å². The molecule has 0 aliphatic heterocycles. The molecule has 0 aliphatic rings. The molecule has 6 aromatic rings. The lowest BCUT2D eigenvalue weighted by Crippen LogP contribution is -2.27. The summed E-state index contributed by atoms with van der Waals surface area (Å²) in [4.78, 5) is 0. The quantitative estimate of drug-likeness (QED) is 0.178. The van der Waals surface area contributed by atoms with Gasteiger partial charge < -0.3 is 10.2 Å². The Kier molecular flexibility index (Phi) is 11.4. The van der Waals surface area contributed by atoms with Crippen LogP contribution in [-0.4, -0.2) is 25.3 Å². The van der Waals surface area contributed by atoms with Gasteiger partial charge in [0.25, 0.3) is 0 Å². The van der Waals surface area contributed by atoms with E-state index in [1.165, 1.54) is 21.2 Å². The summed E-state index contributed by atoms with van der Waals surface area (Å²) < 4.78 is 0. The van der Waals surface area contributed by atoms with Crippen LogP contribution >= 0.6 is 14.3 Å². The van der Waals surface area contributed by atoms with Gasteiger partial charge in [0.05, 0.1) is 44.5 Å². The van der Waals surface area contributed by atoms with Gasteiger partial charge in [0.1, 0.15) is 15.1 Å². The Labute approximate surface area is 286 Å². The number of aliphatic hydroxyl groups excluding tert-OH is 2. The average Bonchev–Trinajstić information content (AvgIpc) is 3.18. The number of nitrogens with zero attached hydrogens (tertiary/aromatic N) is 2. The van der Waals surface area contributed by atoms with E-state index in [0.717, 1.165) is 11.1 Å². The minimum atomic E-state index is -1.79. The van der Waals surface area contributed by atoms with Crippen LogP contribution in [0.2, 0.25) is 0 Å². The molecule has 2 atom stereocenters. The van der Waals surface area contributed by atoms with E-state index < -0.39 is 26.0 Å². The second-order valence-corrected chi connectivity index (χ2v) is 14.8. The second-order valence-electron chi connectivity index (χ2n) is 10.3. The fraction of sp³-hybridized carbons (Fsp3) is 0.0500. The molecule has 0 aromatic heterocycles. The van der Waals surface area contributed by atoms with Crippen LogP contribution in [-0.2, 0) is 0 Å². The highest BCUT2D eigenvalue weighted by Crippen LogP contribution is 2.63. The van der Waals surface area contributed by atoms with Crippen LogP contribution in [0.15, 0.2) is 170 Å². The molecule has 0 fully saturated rings. The summed E-state index contributed by atoms with van der Waals surface area (Å²) >= 11 is 0. The highest BCUT2D eigenvalue weighted by Gasteiger charge is 2.40. The number of nitriles is 2. The molecule has 6 aromatic carbocycles. The van der Waals surface area contributed by atoms with Crippen LogP contribution in [0.5, 0.6) is 0 Å². The Balaban J connectivity index is 0.000000188. The summed E-state index contributed by atoms with van der Waals surface area (Å²) in [6, 6.07) is 60.8. The molecule has 0 amide bonds. The molecule has 6 rings (SSSR count). The largest absolute Gasteiger partial charge is 0.358 e. The van der Waals surface area contributed by atoms with E-state index in [2.05, 4.69) is 109 Å². The second kappa shape index (κ2) is 15.9. The SMILES string of the molecule is [BH3-][P+](c1ccccc1)(c1ccccc1)[C@H](O)c1ccc(C#N)cc1.[BH3-][P+](c1ccccc1)(c1ccccc1)[C@H](O)c1ccc(C#N)cc1. The molecule has 0 radical (unpaired) electrons. The maximum atomic E-state index is 11.3. The van der Waals surface area contributed by atoms with Gasteiger partial charge in [-0.2, -0.15) is 10.5 Å². The van der Waals surface area contributed by atoms with E-state index in [9.17, 15) is 10.2 Å². The minimum absolute atomic E-state index is 0.191. The smallest absolute Gasteiger partial charge is 0.158 e. The fourth-order valence-electron chi connectivity index (χ4n) is 4.98. The third-order valence-electron chi connectivity index (χ3n) is 7.30. The van der Waals surface area contributed by atoms with Gasteiger partial charge >= 0.3 is 0 Å². The molecule has 0 saturated carbocycles. The van der Waals surface area contributed by atoms with Gasteiger partial charge in [-0.25, -0.2) is 0 Å². The highest BCUT2D eigenvalue weighted by molar-refractivity contribution is 8.09. The molecule has 0 spiro atoms. The predicted octanol–water partition coefficient (Wildman–Crippen LogP) is 5.00. The summed E-state index contributed by atoms with van der Waals surface area (Å²) in [5, 5.41) is 45.7. The van der Waals surface area contributed by atoms with Crippen LogP contribution in [0, 0.1) is 22.7 Å². The monoisotopic (exact) mass is 662 g/mol. The van der Waals surface area contributed by atoms with E-state index in [-0.39, 0.29) is 15.1 Å². The molecule has 0 unspecified atom stereocenters. The summed E-state index contributed by atoms with van der Waals surface area (Å²) in [6.45, 7) is 0. The van der Waals surface area contributed by atoms with Crippen LogP contribution in [0.25, 0.3) is 0 Å². The standard InChI is InChI=1S/2C20H19BNOP/c2*21-24(18-7-3-1-4-8-18,19-9-5-2-6-10-19)20(23)17-13-11-16(15-22)12-14-17/h2*1-14,20,23H,21H3/t2*20-/m00/s1. The maximum Gasteiger partial charge on any atom is 0.158 e. The van der Waals surface area contributed by atoms with E-state index in [1.54, 1.807) is 24.3 Å². The molecule has 0 bridgehead atoms. The Bertz CT molecular complexity index is 1760. The van der Waals surface area contributed by atoms with E-state index >= 15 is 0 Å². The lowest BCUT2D eigenvalue weighted by Gasteiger charge is -2.34. The zero-order valence-electron chi connectivity index (χ0n) is 25.0. The van der Waals surface area contributed by atoms with Crippen molar-refractivity contribution in [1.82, 2.24) is 0 Å². The lowest BCUT2D eigenvalue weighted by atomic mass is 10.1. The van der Waals surface area contributed by atoms with Crippen molar-refractivity contribution in [1.29, 1.82) is 10.5 Å². The average molecular weight is 662 g/mol. The van der Waals surface area contributed by atoms with Crippen LogP contribution in [0.4, 0.5) is 0 Å². The van der Waals surface area contributed by atoms with Crippen molar-refractivity contribution in [3.05, 3.63) is 192 Å². The summed E-state index contributed by atoms with van der Waals surface area (Å²) in [7, 11) is -3.96. The van der Waals surface area contributed by atoms with Gasteiger partial charge in [0.15, 0.2) is 11.7 Å². The van der Waals surface area contributed by atoms with Gasteiger partial charge in [0, 0.05) is 11.1 Å². The zero-order chi connectivity index (χ0) is 34.0. The molecular formula is C40H38B2N2O2P2. The van der Waals surface area contributed by atoms with Crippen LogP contribution in [0.1, 0.15) is 33.9 Å². The third kappa shape index (κ3) is 7.35. The van der Waals surface area contributed by atoms with E-state index in [1.807, 2.05) is 48.5 Å². The summed E-state index contributed by atoms with van der Waals surface area (Å²) in [6.07, 6.45) is 0. The first-order valence-electron chi connectivity index (χ1n) is 14.7. The number of rotatable bonds is 8. The Morgan fingerprint density at radius 3 is 0.833 bits per heavy atom. The fourth-order valence-corrected chi connectivity index (χ4v) is 9.61. The zero-order valence-corrected chi connectivity index (χ0v) is 26.8. The van der Waals surface area contributed by atoms with Crippen molar-refractivity contribution in [3.8, 4) is 12.1 Å². The van der Waals surface area contributed by atoms with Gasteiger partial charge in [-0.05, 0) is 72.8 Å².